The van der Waals surface area contributed by atoms with E-state index < -0.39 is 5.82 Å². The van der Waals surface area contributed by atoms with E-state index in [1.807, 2.05) is 24.4 Å². The molecule has 3 aromatic heterocycles. The fourth-order valence-corrected chi connectivity index (χ4v) is 5.13. The second-order valence-electron chi connectivity index (χ2n) is 9.01. The number of rotatable bonds is 4. The Morgan fingerprint density at radius 2 is 1.97 bits per heavy atom. The van der Waals surface area contributed by atoms with Crippen molar-refractivity contribution in [3.8, 4) is 11.1 Å². The molecule has 0 amide bonds. The molecule has 1 aliphatic heterocycles. The Hall–Kier alpha value is -3.50. The van der Waals surface area contributed by atoms with Gasteiger partial charge in [0, 0.05) is 60.0 Å². The predicted octanol–water partition coefficient (Wildman–Crippen LogP) is 3.77. The number of fused-ring (bicyclic) bond motifs is 1. The minimum Gasteiger partial charge on any atom is -0.369 e. The molecule has 0 saturated carbocycles. The van der Waals surface area contributed by atoms with Gasteiger partial charge in [-0.2, -0.15) is 5.10 Å². The maximum absolute atomic E-state index is 14.6. The van der Waals surface area contributed by atoms with Gasteiger partial charge in [0.2, 0.25) is 0 Å². The topological polar surface area (TPSA) is 89.8 Å². The lowest BCUT2D eigenvalue weighted by molar-refractivity contribution is 0.315. The SMILES string of the molecule is CN(C)C1CCN(c2cnc3ccc(SC(=N)n4cc(-c5cnn(C)c5)cc(F)c4=N)cc3c2)C1. The smallest absolute Gasteiger partial charge is 0.171 e. The zero-order chi connectivity index (χ0) is 24.7. The number of thioether (sulfide) groups is 1. The van der Waals surface area contributed by atoms with Crippen LogP contribution in [0.1, 0.15) is 6.42 Å². The summed E-state index contributed by atoms with van der Waals surface area (Å²) >= 11 is 1.18. The van der Waals surface area contributed by atoms with Crippen LogP contribution < -0.4 is 10.4 Å². The average molecular weight is 491 g/mol. The van der Waals surface area contributed by atoms with Crippen LogP contribution in [0.15, 0.2) is 60.0 Å². The first-order valence-electron chi connectivity index (χ1n) is 11.3. The van der Waals surface area contributed by atoms with E-state index in [2.05, 4.69) is 40.0 Å². The van der Waals surface area contributed by atoms with Gasteiger partial charge in [-0.05, 0) is 50.8 Å². The number of benzene rings is 1. The van der Waals surface area contributed by atoms with Crippen molar-refractivity contribution in [2.75, 3.05) is 32.1 Å². The molecule has 1 aliphatic rings. The number of anilines is 1. The second kappa shape index (κ2) is 9.27. The van der Waals surface area contributed by atoms with Crippen molar-refractivity contribution in [3.63, 3.8) is 0 Å². The highest BCUT2D eigenvalue weighted by atomic mass is 32.2. The van der Waals surface area contributed by atoms with E-state index in [0.717, 1.165) is 46.6 Å². The van der Waals surface area contributed by atoms with Crippen molar-refractivity contribution in [2.24, 2.45) is 7.05 Å². The highest BCUT2D eigenvalue weighted by molar-refractivity contribution is 8.13. The van der Waals surface area contributed by atoms with Crippen molar-refractivity contribution in [1.29, 1.82) is 10.8 Å². The molecular weight excluding hydrogens is 463 g/mol. The third kappa shape index (κ3) is 4.71. The van der Waals surface area contributed by atoms with Crippen LogP contribution in [0.25, 0.3) is 22.0 Å². The summed E-state index contributed by atoms with van der Waals surface area (Å²) in [7, 11) is 6.02. The van der Waals surface area contributed by atoms with E-state index in [1.165, 1.54) is 22.4 Å². The van der Waals surface area contributed by atoms with Crippen LogP contribution in [0, 0.1) is 16.6 Å². The van der Waals surface area contributed by atoms with E-state index >= 15 is 0 Å². The molecule has 35 heavy (non-hydrogen) atoms. The van der Waals surface area contributed by atoms with E-state index in [-0.39, 0.29) is 10.7 Å². The summed E-state index contributed by atoms with van der Waals surface area (Å²) in [6.45, 7) is 1.97. The lowest BCUT2D eigenvalue weighted by Gasteiger charge is -2.21. The van der Waals surface area contributed by atoms with Crippen LogP contribution in [0.4, 0.5) is 10.1 Å². The zero-order valence-electron chi connectivity index (χ0n) is 19.9. The quantitative estimate of drug-likeness (QED) is 0.258. The maximum Gasteiger partial charge on any atom is 0.171 e. The molecule has 1 fully saturated rings. The molecule has 1 aromatic carbocycles. The number of hydrogen-bond acceptors (Lipinski definition) is 7. The second-order valence-corrected chi connectivity index (χ2v) is 10.1. The number of aromatic nitrogens is 4. The molecule has 1 atom stereocenters. The summed E-state index contributed by atoms with van der Waals surface area (Å²) in [6, 6.07) is 9.80. The number of nitrogens with one attached hydrogen (secondary N) is 2. The Bertz CT molecular complexity index is 1470. The Morgan fingerprint density at radius 3 is 2.69 bits per heavy atom. The molecule has 2 N–H and O–H groups in total. The summed E-state index contributed by atoms with van der Waals surface area (Å²) in [6.07, 6.45) is 8.06. The fraction of sp³-hybridized carbons (Fsp3) is 0.280. The van der Waals surface area contributed by atoms with E-state index in [0.29, 0.717) is 11.6 Å². The van der Waals surface area contributed by atoms with Crippen LogP contribution >= 0.6 is 11.8 Å². The molecule has 4 heterocycles. The third-order valence-electron chi connectivity index (χ3n) is 6.39. The molecule has 4 aromatic rings. The minimum absolute atomic E-state index is 0.0384. The summed E-state index contributed by atoms with van der Waals surface area (Å²) in [5.74, 6) is -0.689. The summed E-state index contributed by atoms with van der Waals surface area (Å²) in [5.41, 5.74) is 2.90. The highest BCUT2D eigenvalue weighted by Crippen LogP contribution is 2.29. The standard InChI is InChI=1S/C25H27FN8S/c1-31(2)19-6-7-33(15-19)20-8-16-9-21(4-5-23(16)29-12-20)35-25(28)34-14-17(10-22(26)24(34)27)18-11-30-32(3)13-18/h4-5,8-14,19,27-28H,6-7,15H2,1-3H3. The molecule has 0 radical (unpaired) electrons. The average Bonchev–Trinajstić information content (AvgIpc) is 3.50. The number of nitrogens with zero attached hydrogens (tertiary/aromatic N) is 6. The van der Waals surface area contributed by atoms with Crippen molar-refractivity contribution >= 4 is 33.5 Å². The van der Waals surface area contributed by atoms with Gasteiger partial charge in [0.1, 0.15) is 0 Å². The fourth-order valence-electron chi connectivity index (χ4n) is 4.34. The van der Waals surface area contributed by atoms with Gasteiger partial charge < -0.3 is 9.80 Å². The van der Waals surface area contributed by atoms with Crippen LogP contribution in [-0.4, -0.2) is 62.6 Å². The summed E-state index contributed by atoms with van der Waals surface area (Å²) in [5, 5.41) is 21.9. The normalized spacial score (nSPS) is 15.9. The highest BCUT2D eigenvalue weighted by Gasteiger charge is 2.24. The van der Waals surface area contributed by atoms with Crippen LogP contribution in [0.5, 0.6) is 0 Å². The van der Waals surface area contributed by atoms with Gasteiger partial charge in [-0.3, -0.25) is 25.1 Å². The number of pyridine rings is 2. The van der Waals surface area contributed by atoms with Crippen LogP contribution in [0.3, 0.4) is 0 Å². The molecule has 8 nitrogen and oxygen atoms in total. The molecule has 0 aliphatic carbocycles. The number of likely N-dealkylation sites (N-methyl/N-ethyl adjacent to an activating group) is 1. The van der Waals surface area contributed by atoms with Crippen LogP contribution in [0.2, 0.25) is 0 Å². The molecule has 1 saturated heterocycles. The lowest BCUT2D eigenvalue weighted by Crippen LogP contribution is -2.31. The van der Waals surface area contributed by atoms with Gasteiger partial charge in [0.15, 0.2) is 16.5 Å². The Kier molecular flexibility index (Phi) is 6.16. The first kappa shape index (κ1) is 23.3. The van der Waals surface area contributed by atoms with Gasteiger partial charge in [-0.25, -0.2) is 4.39 Å². The molecule has 0 spiro atoms. The first-order valence-corrected chi connectivity index (χ1v) is 12.1. The largest absolute Gasteiger partial charge is 0.369 e. The summed E-state index contributed by atoms with van der Waals surface area (Å²) in [4.78, 5) is 10.1. The molecule has 5 rings (SSSR count). The predicted molar refractivity (Wildman–Crippen MR) is 137 cm³/mol. The number of halogens is 1. The van der Waals surface area contributed by atoms with E-state index in [9.17, 15) is 4.39 Å². The molecule has 1 unspecified atom stereocenters. The van der Waals surface area contributed by atoms with Gasteiger partial charge in [-0.15, -0.1) is 0 Å². The summed E-state index contributed by atoms with van der Waals surface area (Å²) < 4.78 is 17.4. The Balaban J connectivity index is 1.41. The molecule has 10 heteroatoms. The monoisotopic (exact) mass is 490 g/mol. The zero-order valence-corrected chi connectivity index (χ0v) is 20.7. The third-order valence-corrected chi connectivity index (χ3v) is 7.27. The number of hydrogen-bond donors (Lipinski definition) is 2. The Labute approximate surface area is 207 Å². The minimum atomic E-state index is -0.689. The number of aryl methyl sites for hydroxylation is 1. The molecule has 0 bridgehead atoms. The lowest BCUT2D eigenvalue weighted by atomic mass is 10.1. The maximum atomic E-state index is 14.6. The van der Waals surface area contributed by atoms with Crippen molar-refractivity contribution in [3.05, 3.63) is 66.4 Å². The Morgan fingerprint density at radius 1 is 1.14 bits per heavy atom. The van der Waals surface area contributed by atoms with Crippen molar-refractivity contribution in [2.45, 2.75) is 17.4 Å². The first-order chi connectivity index (χ1) is 16.8. The van der Waals surface area contributed by atoms with Gasteiger partial charge in [0.25, 0.3) is 0 Å². The van der Waals surface area contributed by atoms with E-state index in [1.54, 1.807) is 30.3 Å². The van der Waals surface area contributed by atoms with Gasteiger partial charge in [0.05, 0.1) is 23.6 Å². The molecular formula is C25H27FN8S. The van der Waals surface area contributed by atoms with E-state index in [4.69, 9.17) is 10.8 Å². The van der Waals surface area contributed by atoms with Crippen molar-refractivity contribution in [1.82, 2.24) is 24.2 Å². The van der Waals surface area contributed by atoms with Crippen LogP contribution in [-0.2, 0) is 7.05 Å². The molecule has 180 valence electrons. The van der Waals surface area contributed by atoms with Gasteiger partial charge >= 0.3 is 0 Å². The van der Waals surface area contributed by atoms with Crippen molar-refractivity contribution < 1.29 is 4.39 Å². The van der Waals surface area contributed by atoms with Gasteiger partial charge in [-0.1, -0.05) is 11.8 Å².